The summed E-state index contributed by atoms with van der Waals surface area (Å²) < 4.78 is 0. The number of piperazine rings is 1. The highest BCUT2D eigenvalue weighted by atomic mass is 16.2. The number of nitrogens with one attached hydrogen (secondary N) is 1. The van der Waals surface area contributed by atoms with Crippen molar-refractivity contribution in [1.82, 2.24) is 29.9 Å². The number of likely N-dealkylation sites (tertiary alicyclic amines) is 1. The first-order chi connectivity index (χ1) is 10.1. The fourth-order valence-corrected chi connectivity index (χ4v) is 3.38. The van der Waals surface area contributed by atoms with Crippen molar-refractivity contribution < 1.29 is 4.79 Å². The number of hydrogen-bond acceptors (Lipinski definition) is 5. The minimum atomic E-state index is -0.193. The van der Waals surface area contributed by atoms with Crippen molar-refractivity contribution in [2.75, 3.05) is 46.3 Å². The molecule has 1 atom stereocenters. The molecule has 2 aliphatic rings. The maximum Gasteiger partial charge on any atom is 0.229 e. The van der Waals surface area contributed by atoms with E-state index in [-0.39, 0.29) is 5.41 Å². The normalized spacial score (nSPS) is 28.2. The maximum absolute atomic E-state index is 12.7. The molecule has 2 saturated heterocycles. The second-order valence-corrected chi connectivity index (χ2v) is 6.55. The van der Waals surface area contributed by atoms with E-state index < -0.39 is 0 Å². The largest absolute Gasteiger partial charge is 0.340 e. The number of carbonyl (C=O) groups is 1. The van der Waals surface area contributed by atoms with Crippen molar-refractivity contribution >= 4 is 5.91 Å². The fourth-order valence-electron chi connectivity index (χ4n) is 3.38. The second-order valence-electron chi connectivity index (χ2n) is 6.55. The van der Waals surface area contributed by atoms with Gasteiger partial charge in [-0.15, -0.1) is 0 Å². The van der Waals surface area contributed by atoms with E-state index in [4.69, 9.17) is 0 Å². The van der Waals surface area contributed by atoms with Crippen molar-refractivity contribution in [3.63, 3.8) is 0 Å². The second kappa shape index (κ2) is 5.73. The third-order valence-electron chi connectivity index (χ3n) is 4.68. The smallest absolute Gasteiger partial charge is 0.229 e. The van der Waals surface area contributed by atoms with Crippen LogP contribution in [0.1, 0.15) is 19.2 Å². The third-order valence-corrected chi connectivity index (χ3v) is 4.68. The van der Waals surface area contributed by atoms with E-state index in [9.17, 15) is 4.79 Å². The number of aromatic amines is 1. The fraction of sp³-hybridized carbons (Fsp3) is 0.786. The zero-order valence-corrected chi connectivity index (χ0v) is 12.9. The quantitative estimate of drug-likeness (QED) is 0.835. The molecule has 2 fully saturated rings. The number of amides is 1. The monoisotopic (exact) mass is 292 g/mol. The number of carbonyl (C=O) groups excluding carboxylic acids is 1. The van der Waals surface area contributed by atoms with Crippen molar-refractivity contribution in [2.24, 2.45) is 5.41 Å². The van der Waals surface area contributed by atoms with Gasteiger partial charge in [-0.25, -0.2) is 4.98 Å². The molecular formula is C14H24N6O. The number of hydrogen-bond donors (Lipinski definition) is 1. The van der Waals surface area contributed by atoms with Crippen LogP contribution >= 0.6 is 0 Å². The number of H-pyrrole nitrogens is 1. The summed E-state index contributed by atoms with van der Waals surface area (Å²) in [6, 6.07) is 0. The van der Waals surface area contributed by atoms with E-state index >= 15 is 0 Å². The topological polar surface area (TPSA) is 68.4 Å². The Morgan fingerprint density at radius 1 is 1.33 bits per heavy atom. The summed E-state index contributed by atoms with van der Waals surface area (Å²) >= 11 is 0. The lowest BCUT2D eigenvalue weighted by atomic mass is 9.88. The van der Waals surface area contributed by atoms with Gasteiger partial charge in [0.2, 0.25) is 5.91 Å². The van der Waals surface area contributed by atoms with Gasteiger partial charge in [-0.1, -0.05) is 0 Å². The summed E-state index contributed by atoms with van der Waals surface area (Å²) in [6.45, 7) is 8.22. The van der Waals surface area contributed by atoms with Crippen LogP contribution in [0.5, 0.6) is 0 Å². The van der Waals surface area contributed by atoms with E-state index in [1.165, 1.54) is 6.33 Å². The van der Waals surface area contributed by atoms with Crippen LogP contribution in [0.15, 0.2) is 6.33 Å². The molecule has 2 aliphatic heterocycles. The Morgan fingerprint density at radius 2 is 2.10 bits per heavy atom. The molecule has 7 nitrogen and oxygen atoms in total. The van der Waals surface area contributed by atoms with Crippen LogP contribution in [0.3, 0.4) is 0 Å². The van der Waals surface area contributed by atoms with Gasteiger partial charge >= 0.3 is 0 Å². The molecule has 1 N–H and O–H groups in total. The van der Waals surface area contributed by atoms with Gasteiger partial charge in [0.15, 0.2) is 0 Å². The molecule has 0 spiro atoms. The molecule has 1 aromatic rings. The van der Waals surface area contributed by atoms with Crippen molar-refractivity contribution in [1.29, 1.82) is 0 Å². The van der Waals surface area contributed by atoms with Gasteiger partial charge in [0.25, 0.3) is 0 Å². The molecule has 0 radical (unpaired) electrons. The van der Waals surface area contributed by atoms with Crippen LogP contribution in [-0.4, -0.2) is 82.1 Å². The van der Waals surface area contributed by atoms with E-state index in [1.54, 1.807) is 0 Å². The van der Waals surface area contributed by atoms with Gasteiger partial charge in [-0.3, -0.25) is 14.8 Å². The Morgan fingerprint density at radius 3 is 2.67 bits per heavy atom. The SMILES string of the molecule is CN1CC[C@@](C)(C(=O)N2CCN(Cc3ncn[nH]3)CC2)C1. The molecule has 1 aromatic heterocycles. The Labute approximate surface area is 125 Å². The lowest BCUT2D eigenvalue weighted by molar-refractivity contribution is -0.142. The van der Waals surface area contributed by atoms with Crippen LogP contribution in [0, 0.1) is 5.41 Å². The molecular weight excluding hydrogens is 268 g/mol. The van der Waals surface area contributed by atoms with Gasteiger partial charge in [-0.05, 0) is 26.9 Å². The molecule has 1 amide bonds. The molecule has 116 valence electrons. The molecule has 0 unspecified atom stereocenters. The summed E-state index contributed by atoms with van der Waals surface area (Å²) in [4.78, 5) is 23.5. The summed E-state index contributed by atoms with van der Waals surface area (Å²) in [5.41, 5.74) is -0.193. The number of rotatable bonds is 3. The van der Waals surface area contributed by atoms with Gasteiger partial charge in [0, 0.05) is 32.7 Å². The van der Waals surface area contributed by atoms with Gasteiger partial charge < -0.3 is 9.80 Å². The Kier molecular flexibility index (Phi) is 3.95. The molecule has 3 rings (SSSR count). The maximum atomic E-state index is 12.7. The zero-order chi connectivity index (χ0) is 14.9. The minimum Gasteiger partial charge on any atom is -0.340 e. The Balaban J connectivity index is 1.52. The van der Waals surface area contributed by atoms with Crippen molar-refractivity contribution in [3.05, 3.63) is 12.2 Å². The van der Waals surface area contributed by atoms with Crippen molar-refractivity contribution in [2.45, 2.75) is 19.9 Å². The van der Waals surface area contributed by atoms with Gasteiger partial charge in [0.1, 0.15) is 12.2 Å². The standard InChI is InChI=1S/C14H24N6O/c1-14(3-4-18(2)10-14)13(21)20-7-5-19(6-8-20)9-12-15-11-16-17-12/h11H,3-10H2,1-2H3,(H,15,16,17)/t14-/m1/s1. The Bertz CT molecular complexity index is 482. The minimum absolute atomic E-state index is 0.193. The lowest BCUT2D eigenvalue weighted by Crippen LogP contribution is -2.52. The van der Waals surface area contributed by atoms with Crippen LogP contribution in [0.2, 0.25) is 0 Å². The highest BCUT2D eigenvalue weighted by Crippen LogP contribution is 2.31. The van der Waals surface area contributed by atoms with Crippen LogP contribution in [0.4, 0.5) is 0 Å². The molecule has 0 aromatic carbocycles. The summed E-state index contributed by atoms with van der Waals surface area (Å²) in [5, 5.41) is 6.75. The average molecular weight is 292 g/mol. The lowest BCUT2D eigenvalue weighted by Gasteiger charge is -2.38. The number of nitrogens with zero attached hydrogens (tertiary/aromatic N) is 5. The van der Waals surface area contributed by atoms with E-state index in [0.717, 1.165) is 58.1 Å². The van der Waals surface area contributed by atoms with E-state index in [1.807, 2.05) is 4.90 Å². The number of aromatic nitrogens is 3. The molecule has 0 aliphatic carbocycles. The van der Waals surface area contributed by atoms with Gasteiger partial charge in [-0.2, -0.15) is 5.10 Å². The molecule has 0 bridgehead atoms. The van der Waals surface area contributed by atoms with Gasteiger partial charge in [0.05, 0.1) is 12.0 Å². The molecule has 3 heterocycles. The molecule has 0 saturated carbocycles. The summed E-state index contributed by atoms with van der Waals surface area (Å²) in [5.74, 6) is 1.21. The highest BCUT2D eigenvalue weighted by Gasteiger charge is 2.41. The van der Waals surface area contributed by atoms with Crippen LogP contribution < -0.4 is 0 Å². The predicted molar refractivity (Wildman–Crippen MR) is 78.5 cm³/mol. The molecule has 21 heavy (non-hydrogen) atoms. The Hall–Kier alpha value is -1.47. The first-order valence-corrected chi connectivity index (χ1v) is 7.61. The van der Waals surface area contributed by atoms with Crippen molar-refractivity contribution in [3.8, 4) is 0 Å². The first kappa shape index (κ1) is 14.5. The molecule has 7 heteroatoms. The summed E-state index contributed by atoms with van der Waals surface area (Å²) in [7, 11) is 2.09. The van der Waals surface area contributed by atoms with E-state index in [0.29, 0.717) is 5.91 Å². The van der Waals surface area contributed by atoms with Crippen LogP contribution in [-0.2, 0) is 11.3 Å². The summed E-state index contributed by atoms with van der Waals surface area (Å²) in [6.07, 6.45) is 2.51. The average Bonchev–Trinajstić information content (AvgIpc) is 3.10. The zero-order valence-electron chi connectivity index (χ0n) is 12.9. The first-order valence-electron chi connectivity index (χ1n) is 7.61. The van der Waals surface area contributed by atoms with E-state index in [2.05, 4.69) is 39.0 Å². The van der Waals surface area contributed by atoms with Crippen LogP contribution in [0.25, 0.3) is 0 Å². The predicted octanol–water partition coefficient (Wildman–Crippen LogP) is -0.209. The highest BCUT2D eigenvalue weighted by molar-refractivity contribution is 5.83. The third kappa shape index (κ3) is 3.08.